The van der Waals surface area contributed by atoms with Gasteiger partial charge < -0.3 is 4.98 Å². The lowest BCUT2D eigenvalue weighted by Gasteiger charge is -2.40. The van der Waals surface area contributed by atoms with Gasteiger partial charge in [0.1, 0.15) is 6.04 Å². The third-order valence-electron chi connectivity index (χ3n) is 5.61. The topological polar surface area (TPSA) is 156 Å². The molecule has 1 aromatic heterocycles. The predicted octanol–water partition coefficient (Wildman–Crippen LogP) is 2.25. The van der Waals surface area contributed by atoms with Crippen LogP contribution in [0.3, 0.4) is 0 Å². The molecule has 1 aromatic carbocycles. The molecule has 1 atom stereocenters. The van der Waals surface area contributed by atoms with Gasteiger partial charge in [0.25, 0.3) is 11.5 Å². The highest BCUT2D eigenvalue weighted by Gasteiger charge is 2.36. The van der Waals surface area contributed by atoms with Crippen LogP contribution in [0.15, 0.2) is 52.1 Å². The number of carbonyl (C=O) groups is 3. The molecule has 0 aliphatic heterocycles. The molecule has 0 unspecified atom stereocenters. The zero-order valence-electron chi connectivity index (χ0n) is 22.3. The summed E-state index contributed by atoms with van der Waals surface area (Å²) < 4.78 is 0. The van der Waals surface area contributed by atoms with Crippen LogP contribution in [0, 0.1) is 11.8 Å². The third kappa shape index (κ3) is 9.47. The second-order valence-electron chi connectivity index (χ2n) is 9.87. The van der Waals surface area contributed by atoms with E-state index in [9.17, 15) is 29.2 Å². The fraction of sp³-hybridized carbons (Fsp3) is 0.444. The molecule has 4 N–H and O–H groups in total. The molecule has 0 saturated heterocycles. The van der Waals surface area contributed by atoms with Crippen molar-refractivity contribution in [2.75, 3.05) is 6.54 Å². The van der Waals surface area contributed by atoms with Gasteiger partial charge >= 0.3 is 5.69 Å². The second-order valence-corrected chi connectivity index (χ2v) is 9.87. The van der Waals surface area contributed by atoms with E-state index < -0.39 is 35.0 Å². The zero-order valence-corrected chi connectivity index (χ0v) is 22.3. The first-order valence-corrected chi connectivity index (χ1v) is 12.6. The molecular weight excluding hydrogens is 490 g/mol. The maximum atomic E-state index is 13.6. The van der Waals surface area contributed by atoms with Gasteiger partial charge in [0.2, 0.25) is 11.8 Å². The Balaban J connectivity index is 2.50. The van der Waals surface area contributed by atoms with E-state index in [1.807, 2.05) is 63.0 Å². The Hall–Kier alpha value is -3.99. The highest BCUT2D eigenvalue weighted by atomic mass is 16.5. The number of hydrazine groups is 1. The zero-order chi connectivity index (χ0) is 28.2. The third-order valence-corrected chi connectivity index (χ3v) is 5.61. The summed E-state index contributed by atoms with van der Waals surface area (Å²) in [5, 5.41) is 11.8. The molecule has 206 valence electrons. The van der Waals surface area contributed by atoms with E-state index in [4.69, 9.17) is 0 Å². The Bertz CT molecular complexity index is 1190. The molecule has 0 bridgehead atoms. The standard InChI is InChI=1S/C27H37N5O6/c1-18(2)13-14-24(34)32(22(26(36)30-38)12-8-11-20-9-6-5-7-10-20)31(17-19(3)4)25(35)16-21-15-23(33)29-27(37)28-21/h5-11,15,18-19,22,38H,12-14,16-17H2,1-4H3,(H,30,36)(H2,28,29,33,37)/t22-/m0/s1. The highest BCUT2D eigenvalue weighted by molar-refractivity contribution is 5.89. The Morgan fingerprint density at radius 1 is 1.00 bits per heavy atom. The van der Waals surface area contributed by atoms with Crippen molar-refractivity contribution >= 4 is 23.8 Å². The average Bonchev–Trinajstić information content (AvgIpc) is 2.85. The Kier molecular flexibility index (Phi) is 11.7. The van der Waals surface area contributed by atoms with Crippen molar-refractivity contribution in [1.29, 1.82) is 0 Å². The largest absolute Gasteiger partial charge is 0.325 e. The minimum Gasteiger partial charge on any atom is -0.311 e. The van der Waals surface area contributed by atoms with E-state index in [2.05, 4.69) is 4.98 Å². The van der Waals surface area contributed by atoms with Gasteiger partial charge in [-0.1, -0.05) is 70.2 Å². The molecule has 2 aromatic rings. The Morgan fingerprint density at radius 2 is 1.68 bits per heavy atom. The predicted molar refractivity (Wildman–Crippen MR) is 143 cm³/mol. The van der Waals surface area contributed by atoms with Crippen molar-refractivity contribution in [3.05, 3.63) is 74.6 Å². The van der Waals surface area contributed by atoms with Crippen LogP contribution in [0.2, 0.25) is 0 Å². The lowest BCUT2D eigenvalue weighted by atomic mass is 10.1. The molecule has 38 heavy (non-hydrogen) atoms. The van der Waals surface area contributed by atoms with Crippen LogP contribution < -0.4 is 16.7 Å². The number of rotatable bonds is 12. The van der Waals surface area contributed by atoms with Crippen LogP contribution in [0.4, 0.5) is 0 Å². The van der Waals surface area contributed by atoms with Gasteiger partial charge in [-0.15, -0.1) is 0 Å². The number of benzene rings is 1. The molecule has 0 saturated carbocycles. The van der Waals surface area contributed by atoms with Crippen LogP contribution >= 0.6 is 0 Å². The fourth-order valence-electron chi connectivity index (χ4n) is 3.82. The number of aromatic nitrogens is 2. The molecule has 0 aliphatic carbocycles. The SMILES string of the molecule is CC(C)CCC(=O)N([C@@H](CC=Cc1ccccc1)C(=O)NO)N(CC(C)C)C(=O)Cc1cc(=O)[nH]c(=O)[nH]1. The fourth-order valence-corrected chi connectivity index (χ4v) is 3.82. The Labute approximate surface area is 221 Å². The summed E-state index contributed by atoms with van der Waals surface area (Å²) in [5.41, 5.74) is 1.15. The molecule has 11 heteroatoms. The second kappa shape index (κ2) is 14.7. The van der Waals surface area contributed by atoms with Crippen molar-refractivity contribution in [3.8, 4) is 0 Å². The minimum absolute atomic E-state index is 0.0123. The summed E-state index contributed by atoms with van der Waals surface area (Å²) in [6.07, 6.45) is 3.70. The van der Waals surface area contributed by atoms with Gasteiger partial charge in [0, 0.05) is 24.7 Å². The summed E-state index contributed by atoms with van der Waals surface area (Å²) >= 11 is 0. The van der Waals surface area contributed by atoms with E-state index in [1.165, 1.54) is 5.01 Å². The average molecular weight is 528 g/mol. The maximum absolute atomic E-state index is 13.6. The summed E-state index contributed by atoms with van der Waals surface area (Å²) in [7, 11) is 0. The Morgan fingerprint density at radius 3 is 2.26 bits per heavy atom. The van der Waals surface area contributed by atoms with E-state index in [0.29, 0.717) is 6.42 Å². The number of nitrogens with zero attached hydrogens (tertiary/aromatic N) is 2. The van der Waals surface area contributed by atoms with Crippen molar-refractivity contribution in [3.63, 3.8) is 0 Å². The quantitative estimate of drug-likeness (QED) is 0.245. The van der Waals surface area contributed by atoms with Crippen molar-refractivity contribution in [2.24, 2.45) is 11.8 Å². The lowest BCUT2D eigenvalue weighted by Crippen LogP contribution is -2.60. The lowest BCUT2D eigenvalue weighted by molar-refractivity contribution is -0.175. The first-order valence-electron chi connectivity index (χ1n) is 12.6. The summed E-state index contributed by atoms with van der Waals surface area (Å²) in [4.78, 5) is 67.9. The smallest absolute Gasteiger partial charge is 0.311 e. The van der Waals surface area contributed by atoms with Crippen LogP contribution in [0.1, 0.15) is 58.2 Å². The number of aromatic amines is 2. The molecule has 0 aliphatic rings. The normalized spacial score (nSPS) is 12.1. The summed E-state index contributed by atoms with van der Waals surface area (Å²) in [6.45, 7) is 7.69. The first-order chi connectivity index (χ1) is 18.0. The van der Waals surface area contributed by atoms with Crippen LogP contribution in [0.5, 0.6) is 0 Å². The van der Waals surface area contributed by atoms with Crippen LogP contribution in [-0.4, -0.2) is 55.5 Å². The number of hydrogen-bond donors (Lipinski definition) is 4. The molecule has 0 spiro atoms. The van der Waals surface area contributed by atoms with Gasteiger partial charge in [-0.05, 0) is 30.2 Å². The molecule has 1 heterocycles. The van der Waals surface area contributed by atoms with E-state index in [1.54, 1.807) is 17.6 Å². The van der Waals surface area contributed by atoms with Gasteiger partial charge in [0.05, 0.1) is 6.42 Å². The van der Waals surface area contributed by atoms with E-state index in [-0.39, 0.29) is 43.3 Å². The van der Waals surface area contributed by atoms with E-state index >= 15 is 0 Å². The van der Waals surface area contributed by atoms with Crippen molar-refractivity contribution < 1.29 is 19.6 Å². The number of H-pyrrole nitrogens is 2. The summed E-state index contributed by atoms with van der Waals surface area (Å²) in [5.74, 6) is -1.82. The van der Waals surface area contributed by atoms with Crippen LogP contribution in [-0.2, 0) is 20.8 Å². The maximum Gasteiger partial charge on any atom is 0.325 e. The first kappa shape index (κ1) is 30.2. The number of nitrogens with one attached hydrogen (secondary N) is 3. The van der Waals surface area contributed by atoms with Crippen LogP contribution in [0.25, 0.3) is 6.08 Å². The van der Waals surface area contributed by atoms with Crippen molar-refractivity contribution in [1.82, 2.24) is 25.5 Å². The van der Waals surface area contributed by atoms with Gasteiger partial charge in [-0.2, -0.15) is 0 Å². The van der Waals surface area contributed by atoms with Crippen molar-refractivity contribution in [2.45, 2.75) is 59.4 Å². The number of carbonyl (C=O) groups excluding carboxylic acids is 3. The minimum atomic E-state index is -1.24. The monoisotopic (exact) mass is 527 g/mol. The molecule has 3 amide bonds. The van der Waals surface area contributed by atoms with Gasteiger partial charge in [0.15, 0.2) is 0 Å². The number of amides is 3. The van der Waals surface area contributed by atoms with Gasteiger partial charge in [-0.25, -0.2) is 15.3 Å². The molecule has 2 rings (SSSR count). The van der Waals surface area contributed by atoms with Gasteiger partial charge in [-0.3, -0.25) is 34.4 Å². The summed E-state index contributed by atoms with van der Waals surface area (Å²) in [6, 6.07) is 9.21. The van der Waals surface area contributed by atoms with E-state index in [0.717, 1.165) is 16.6 Å². The number of hydroxylamine groups is 1. The molecule has 11 nitrogen and oxygen atoms in total. The number of hydrogen-bond acceptors (Lipinski definition) is 6. The molecular formula is C27H37N5O6. The molecule has 0 fully saturated rings. The molecule has 0 radical (unpaired) electrons. The highest BCUT2D eigenvalue weighted by Crippen LogP contribution is 2.19.